The lowest BCUT2D eigenvalue weighted by atomic mass is 10.2. The Balaban J connectivity index is 2.64. The molecule has 0 radical (unpaired) electrons. The number of urea groups is 1. The molecule has 0 saturated heterocycles. The van der Waals surface area contributed by atoms with E-state index in [-0.39, 0.29) is 11.3 Å². The number of nitrogens with one attached hydrogen (secondary N) is 1. The van der Waals surface area contributed by atoms with E-state index in [0.717, 1.165) is 6.07 Å². The Hall–Kier alpha value is -2.15. The molecule has 0 saturated carbocycles. The Morgan fingerprint density at radius 1 is 1.45 bits per heavy atom. The molecule has 0 aliphatic heterocycles. The lowest BCUT2D eigenvalue weighted by Gasteiger charge is -2.18. The van der Waals surface area contributed by atoms with E-state index in [1.165, 1.54) is 17.0 Å². The SMILES string of the molecule is COCCCN(C)C(=O)Nc1ccc(C(=O)O)cc1F. The first-order valence-corrected chi connectivity index (χ1v) is 5.99. The van der Waals surface area contributed by atoms with Crippen molar-refractivity contribution in [3.63, 3.8) is 0 Å². The molecule has 1 rings (SSSR count). The molecule has 6 nitrogen and oxygen atoms in total. The van der Waals surface area contributed by atoms with Crippen LogP contribution < -0.4 is 5.32 Å². The van der Waals surface area contributed by atoms with Gasteiger partial charge in [-0.15, -0.1) is 0 Å². The summed E-state index contributed by atoms with van der Waals surface area (Å²) >= 11 is 0. The normalized spacial score (nSPS) is 10.2. The standard InChI is InChI=1S/C13H17FN2O4/c1-16(6-3-7-20-2)13(19)15-11-5-4-9(12(17)18)8-10(11)14/h4-5,8H,3,6-7H2,1-2H3,(H,15,19)(H,17,18). The molecular formula is C13H17FN2O4. The maximum Gasteiger partial charge on any atom is 0.335 e. The molecule has 0 bridgehead atoms. The van der Waals surface area contributed by atoms with Crippen LogP contribution in [-0.2, 0) is 4.74 Å². The zero-order chi connectivity index (χ0) is 15.1. The summed E-state index contributed by atoms with van der Waals surface area (Å²) in [4.78, 5) is 23.8. The highest BCUT2D eigenvalue weighted by atomic mass is 19.1. The lowest BCUT2D eigenvalue weighted by molar-refractivity contribution is 0.0696. The van der Waals surface area contributed by atoms with E-state index in [0.29, 0.717) is 19.6 Å². The van der Waals surface area contributed by atoms with Crippen LogP contribution in [0.1, 0.15) is 16.8 Å². The van der Waals surface area contributed by atoms with Crippen LogP contribution in [0.2, 0.25) is 0 Å². The highest BCUT2D eigenvalue weighted by Gasteiger charge is 2.13. The zero-order valence-corrected chi connectivity index (χ0v) is 11.4. The summed E-state index contributed by atoms with van der Waals surface area (Å²) < 4.78 is 18.5. The molecule has 2 N–H and O–H groups in total. The lowest BCUT2D eigenvalue weighted by Crippen LogP contribution is -2.32. The minimum absolute atomic E-state index is 0.0569. The number of benzene rings is 1. The summed E-state index contributed by atoms with van der Waals surface area (Å²) in [6.07, 6.45) is 0.668. The molecule has 110 valence electrons. The average molecular weight is 284 g/mol. The number of carboxylic acid groups (broad SMARTS) is 1. The second-order valence-electron chi connectivity index (χ2n) is 4.20. The molecule has 0 atom stereocenters. The number of nitrogens with zero attached hydrogens (tertiary/aromatic N) is 1. The Bertz CT molecular complexity index is 493. The first-order chi connectivity index (χ1) is 9.45. The third-order valence-electron chi connectivity index (χ3n) is 2.65. The summed E-state index contributed by atoms with van der Waals surface area (Å²) in [5, 5.41) is 11.1. The van der Waals surface area contributed by atoms with Gasteiger partial charge >= 0.3 is 12.0 Å². The molecule has 1 aromatic carbocycles. The molecule has 20 heavy (non-hydrogen) atoms. The smallest absolute Gasteiger partial charge is 0.335 e. The summed E-state index contributed by atoms with van der Waals surface area (Å²) in [7, 11) is 3.15. The second-order valence-corrected chi connectivity index (χ2v) is 4.20. The van der Waals surface area contributed by atoms with Crippen molar-refractivity contribution in [2.24, 2.45) is 0 Å². The molecule has 2 amide bonds. The molecule has 0 unspecified atom stereocenters. The number of hydrogen-bond acceptors (Lipinski definition) is 3. The van der Waals surface area contributed by atoms with E-state index < -0.39 is 17.8 Å². The number of halogens is 1. The third kappa shape index (κ3) is 4.51. The predicted octanol–water partition coefficient (Wildman–Crippen LogP) is 2.02. The zero-order valence-electron chi connectivity index (χ0n) is 11.4. The minimum atomic E-state index is -1.22. The van der Waals surface area contributed by atoms with Gasteiger partial charge in [-0.05, 0) is 24.6 Å². The van der Waals surface area contributed by atoms with Gasteiger partial charge in [0.15, 0.2) is 0 Å². The minimum Gasteiger partial charge on any atom is -0.478 e. The van der Waals surface area contributed by atoms with Gasteiger partial charge in [0.1, 0.15) is 5.82 Å². The number of rotatable bonds is 6. The first-order valence-electron chi connectivity index (χ1n) is 5.99. The molecule has 0 heterocycles. The molecule has 0 spiro atoms. The largest absolute Gasteiger partial charge is 0.478 e. The van der Waals surface area contributed by atoms with E-state index >= 15 is 0 Å². The summed E-state index contributed by atoms with van der Waals surface area (Å²) in [5.41, 5.74) is -0.229. The Morgan fingerprint density at radius 3 is 2.70 bits per heavy atom. The number of carbonyl (C=O) groups excluding carboxylic acids is 1. The van der Waals surface area contributed by atoms with Gasteiger partial charge in [-0.3, -0.25) is 0 Å². The average Bonchev–Trinajstić information content (AvgIpc) is 2.40. The van der Waals surface area contributed by atoms with Gasteiger partial charge in [-0.25, -0.2) is 14.0 Å². The highest BCUT2D eigenvalue weighted by molar-refractivity contribution is 5.91. The van der Waals surface area contributed by atoms with Crippen molar-refractivity contribution < 1.29 is 23.8 Å². The van der Waals surface area contributed by atoms with Crippen LogP contribution in [0.5, 0.6) is 0 Å². The van der Waals surface area contributed by atoms with Crippen LogP contribution in [0.25, 0.3) is 0 Å². The van der Waals surface area contributed by atoms with Crippen molar-refractivity contribution in [3.05, 3.63) is 29.6 Å². The molecule has 0 aliphatic rings. The van der Waals surface area contributed by atoms with Crippen molar-refractivity contribution in [1.29, 1.82) is 0 Å². The molecule has 0 fully saturated rings. The maximum absolute atomic E-state index is 13.6. The van der Waals surface area contributed by atoms with E-state index in [9.17, 15) is 14.0 Å². The number of methoxy groups -OCH3 is 1. The summed E-state index contributed by atoms with van der Waals surface area (Å²) in [6.45, 7) is 0.994. The van der Waals surface area contributed by atoms with E-state index in [4.69, 9.17) is 9.84 Å². The van der Waals surface area contributed by atoms with Crippen molar-refractivity contribution in [3.8, 4) is 0 Å². The Morgan fingerprint density at radius 2 is 2.15 bits per heavy atom. The van der Waals surface area contributed by atoms with Gasteiger partial charge in [-0.1, -0.05) is 0 Å². The van der Waals surface area contributed by atoms with Crippen LogP contribution in [0.3, 0.4) is 0 Å². The van der Waals surface area contributed by atoms with Gasteiger partial charge in [-0.2, -0.15) is 0 Å². The van der Waals surface area contributed by atoms with Crippen molar-refractivity contribution in [1.82, 2.24) is 4.90 Å². The first kappa shape index (κ1) is 15.9. The molecule has 0 aromatic heterocycles. The summed E-state index contributed by atoms with van der Waals surface area (Å²) in [5.74, 6) is -2.01. The quantitative estimate of drug-likeness (QED) is 0.783. The van der Waals surface area contributed by atoms with Gasteiger partial charge in [0.05, 0.1) is 11.3 Å². The number of hydrogen-bond donors (Lipinski definition) is 2. The predicted molar refractivity (Wildman–Crippen MR) is 71.5 cm³/mol. The number of carbonyl (C=O) groups is 2. The summed E-state index contributed by atoms with van der Waals surface area (Å²) in [6, 6.07) is 2.84. The number of carboxylic acids is 1. The van der Waals surface area contributed by atoms with Gasteiger partial charge in [0, 0.05) is 27.3 Å². The van der Waals surface area contributed by atoms with E-state index in [1.807, 2.05) is 0 Å². The number of amides is 2. The van der Waals surface area contributed by atoms with E-state index in [1.54, 1.807) is 14.2 Å². The van der Waals surface area contributed by atoms with Crippen molar-refractivity contribution >= 4 is 17.7 Å². The van der Waals surface area contributed by atoms with Crippen molar-refractivity contribution in [2.75, 3.05) is 32.6 Å². The number of aromatic carboxylic acids is 1. The van der Waals surface area contributed by atoms with Crippen LogP contribution in [-0.4, -0.2) is 49.3 Å². The highest BCUT2D eigenvalue weighted by Crippen LogP contribution is 2.16. The topological polar surface area (TPSA) is 78.9 Å². The van der Waals surface area contributed by atoms with Gasteiger partial charge in [0.25, 0.3) is 0 Å². The van der Waals surface area contributed by atoms with Crippen LogP contribution in [0.15, 0.2) is 18.2 Å². The molecule has 1 aromatic rings. The molecule has 0 aliphatic carbocycles. The third-order valence-corrected chi connectivity index (χ3v) is 2.65. The van der Waals surface area contributed by atoms with Gasteiger partial charge < -0.3 is 20.1 Å². The fourth-order valence-corrected chi connectivity index (χ4v) is 1.51. The maximum atomic E-state index is 13.6. The van der Waals surface area contributed by atoms with E-state index in [2.05, 4.69) is 5.32 Å². The fourth-order valence-electron chi connectivity index (χ4n) is 1.51. The van der Waals surface area contributed by atoms with Crippen LogP contribution in [0, 0.1) is 5.82 Å². The Labute approximate surface area is 116 Å². The second kappa shape index (κ2) is 7.44. The van der Waals surface area contributed by atoms with Crippen LogP contribution in [0.4, 0.5) is 14.9 Å². The number of ether oxygens (including phenoxy) is 1. The fraction of sp³-hybridized carbons (Fsp3) is 0.385. The molecule has 7 heteroatoms. The van der Waals surface area contributed by atoms with Crippen molar-refractivity contribution in [2.45, 2.75) is 6.42 Å². The Kier molecular flexibility index (Phi) is 5.92. The van der Waals surface area contributed by atoms with Crippen LogP contribution >= 0.6 is 0 Å². The monoisotopic (exact) mass is 284 g/mol. The number of anilines is 1. The molecular weight excluding hydrogens is 267 g/mol. The van der Waals surface area contributed by atoms with Gasteiger partial charge in [0.2, 0.25) is 0 Å².